The summed E-state index contributed by atoms with van der Waals surface area (Å²) in [7, 11) is 1.39. The molecule has 1 amide bonds. The van der Waals surface area contributed by atoms with Gasteiger partial charge in [0.25, 0.3) is 0 Å². The van der Waals surface area contributed by atoms with Crippen LogP contribution in [0.1, 0.15) is 19.4 Å². The summed E-state index contributed by atoms with van der Waals surface area (Å²) in [4.78, 5) is 11.6. The number of alkyl halides is 3. The van der Waals surface area contributed by atoms with E-state index in [9.17, 15) is 22.4 Å². The fourth-order valence-electron chi connectivity index (χ4n) is 1.56. The van der Waals surface area contributed by atoms with Gasteiger partial charge in [0.15, 0.2) is 0 Å². The maximum absolute atomic E-state index is 13.3. The number of hydrogen-bond donors (Lipinski definition) is 1. The van der Waals surface area contributed by atoms with Gasteiger partial charge in [-0.2, -0.15) is 0 Å². The van der Waals surface area contributed by atoms with E-state index in [1.165, 1.54) is 20.9 Å². The Morgan fingerprint density at radius 1 is 1.21 bits per heavy atom. The van der Waals surface area contributed by atoms with Crippen LogP contribution >= 0.6 is 0 Å². The normalized spacial score (nSPS) is 12.2. The first-order chi connectivity index (χ1) is 8.56. The van der Waals surface area contributed by atoms with Gasteiger partial charge in [-0.25, -0.2) is 4.39 Å². The summed E-state index contributed by atoms with van der Waals surface area (Å²) in [5.74, 6) is -2.05. The summed E-state index contributed by atoms with van der Waals surface area (Å²) < 4.78 is 53.3. The van der Waals surface area contributed by atoms with Crippen molar-refractivity contribution in [2.45, 2.75) is 25.6 Å². The minimum absolute atomic E-state index is 0.0890. The molecule has 19 heavy (non-hydrogen) atoms. The predicted octanol–water partition coefficient (Wildman–Crippen LogP) is 2.75. The molecule has 0 heterocycles. The van der Waals surface area contributed by atoms with Crippen LogP contribution in [0.4, 0.5) is 17.6 Å². The van der Waals surface area contributed by atoms with Gasteiger partial charge < -0.3 is 10.1 Å². The maximum Gasteiger partial charge on any atom is 0.573 e. The molecule has 0 atom stereocenters. The molecule has 0 radical (unpaired) electrons. The molecule has 0 aliphatic carbocycles. The van der Waals surface area contributed by atoms with Crippen LogP contribution in [-0.2, 0) is 10.2 Å². The van der Waals surface area contributed by atoms with Gasteiger partial charge in [0.1, 0.15) is 11.6 Å². The van der Waals surface area contributed by atoms with E-state index in [1.54, 1.807) is 0 Å². The lowest BCUT2D eigenvalue weighted by atomic mass is 9.83. The van der Waals surface area contributed by atoms with E-state index in [2.05, 4.69) is 10.1 Å². The molecule has 0 saturated carbocycles. The van der Waals surface area contributed by atoms with Crippen molar-refractivity contribution < 1.29 is 27.1 Å². The van der Waals surface area contributed by atoms with Crippen LogP contribution < -0.4 is 10.1 Å². The number of amides is 1. The summed E-state index contributed by atoms with van der Waals surface area (Å²) in [6.07, 6.45) is -4.91. The van der Waals surface area contributed by atoms with Gasteiger partial charge in [0, 0.05) is 13.1 Å². The maximum atomic E-state index is 13.3. The summed E-state index contributed by atoms with van der Waals surface area (Å²) in [5.41, 5.74) is -1.09. The van der Waals surface area contributed by atoms with E-state index < -0.39 is 29.3 Å². The molecule has 0 aliphatic heterocycles. The number of carbonyl (C=O) groups is 1. The number of rotatable bonds is 3. The van der Waals surface area contributed by atoms with Crippen LogP contribution in [0.2, 0.25) is 0 Å². The second kappa shape index (κ2) is 5.07. The molecule has 7 heteroatoms. The van der Waals surface area contributed by atoms with Crippen LogP contribution in [0.25, 0.3) is 0 Å². The SMILES string of the molecule is CNC(=O)C(C)(C)c1cc(F)cc(OC(F)(F)F)c1. The molecule has 0 aromatic heterocycles. The number of benzene rings is 1. The second-order valence-corrected chi connectivity index (χ2v) is 4.43. The first-order valence-corrected chi connectivity index (χ1v) is 5.35. The Morgan fingerprint density at radius 3 is 2.26 bits per heavy atom. The standard InChI is InChI=1S/C12H13F4NO2/c1-11(2,10(18)17-3)7-4-8(13)6-9(5-7)19-12(14,15)16/h4-6H,1-3H3,(H,17,18). The molecular weight excluding hydrogens is 266 g/mol. The molecule has 0 unspecified atom stereocenters. The Morgan fingerprint density at radius 2 is 1.79 bits per heavy atom. The van der Waals surface area contributed by atoms with Crippen molar-refractivity contribution >= 4 is 5.91 Å². The number of carbonyl (C=O) groups excluding carboxylic acids is 1. The lowest BCUT2D eigenvalue weighted by molar-refractivity contribution is -0.274. The van der Waals surface area contributed by atoms with E-state index >= 15 is 0 Å². The fourth-order valence-corrected chi connectivity index (χ4v) is 1.56. The fraction of sp³-hybridized carbons (Fsp3) is 0.417. The van der Waals surface area contributed by atoms with Gasteiger partial charge in [-0.3, -0.25) is 4.79 Å². The molecule has 0 aliphatic rings. The molecule has 0 saturated heterocycles. The largest absolute Gasteiger partial charge is 0.573 e. The highest BCUT2D eigenvalue weighted by Crippen LogP contribution is 2.30. The van der Waals surface area contributed by atoms with Gasteiger partial charge in [0.2, 0.25) is 5.91 Å². The van der Waals surface area contributed by atoms with E-state index in [1.807, 2.05) is 0 Å². The van der Waals surface area contributed by atoms with E-state index in [0.717, 1.165) is 12.1 Å². The van der Waals surface area contributed by atoms with Crippen molar-refractivity contribution in [1.29, 1.82) is 0 Å². The van der Waals surface area contributed by atoms with Crippen LogP contribution in [0.3, 0.4) is 0 Å². The quantitative estimate of drug-likeness (QED) is 0.864. The van der Waals surface area contributed by atoms with Gasteiger partial charge >= 0.3 is 6.36 Å². The minimum atomic E-state index is -4.91. The highest BCUT2D eigenvalue weighted by atomic mass is 19.4. The summed E-state index contributed by atoms with van der Waals surface area (Å²) >= 11 is 0. The molecular formula is C12H13F4NO2. The zero-order chi connectivity index (χ0) is 14.8. The molecule has 1 rings (SSSR count). The molecule has 1 aromatic carbocycles. The number of likely N-dealkylation sites (N-methyl/N-ethyl adjacent to an activating group) is 1. The lowest BCUT2D eigenvalue weighted by Gasteiger charge is -2.24. The Labute approximate surface area is 107 Å². The topological polar surface area (TPSA) is 38.3 Å². The smallest absolute Gasteiger partial charge is 0.406 e. The van der Waals surface area contributed by atoms with Gasteiger partial charge in [0.05, 0.1) is 5.41 Å². The molecule has 0 bridgehead atoms. The van der Waals surface area contributed by atoms with E-state index in [0.29, 0.717) is 6.07 Å². The monoisotopic (exact) mass is 279 g/mol. The Balaban J connectivity index is 3.20. The van der Waals surface area contributed by atoms with E-state index in [4.69, 9.17) is 0 Å². The first kappa shape index (κ1) is 15.3. The van der Waals surface area contributed by atoms with Crippen molar-refractivity contribution in [3.8, 4) is 5.75 Å². The van der Waals surface area contributed by atoms with Crippen LogP contribution in [0.15, 0.2) is 18.2 Å². The number of hydrogen-bond acceptors (Lipinski definition) is 2. The third-order valence-corrected chi connectivity index (χ3v) is 2.62. The zero-order valence-electron chi connectivity index (χ0n) is 10.6. The number of nitrogens with one attached hydrogen (secondary N) is 1. The molecule has 3 nitrogen and oxygen atoms in total. The van der Waals surface area contributed by atoms with Crippen molar-refractivity contribution in [2.24, 2.45) is 0 Å². The van der Waals surface area contributed by atoms with Crippen molar-refractivity contribution in [3.63, 3.8) is 0 Å². The third kappa shape index (κ3) is 3.84. The van der Waals surface area contributed by atoms with Gasteiger partial charge in [-0.1, -0.05) is 0 Å². The zero-order valence-corrected chi connectivity index (χ0v) is 10.6. The Hall–Kier alpha value is -1.79. The van der Waals surface area contributed by atoms with Crippen LogP contribution in [0.5, 0.6) is 5.75 Å². The number of ether oxygens (including phenoxy) is 1. The first-order valence-electron chi connectivity index (χ1n) is 5.35. The van der Waals surface area contributed by atoms with Gasteiger partial charge in [-0.15, -0.1) is 13.2 Å². The third-order valence-electron chi connectivity index (χ3n) is 2.62. The highest BCUT2D eigenvalue weighted by Gasteiger charge is 2.34. The average Bonchev–Trinajstić information content (AvgIpc) is 2.24. The molecule has 0 spiro atoms. The Kier molecular flexibility index (Phi) is 4.07. The van der Waals surface area contributed by atoms with E-state index in [-0.39, 0.29) is 5.56 Å². The van der Waals surface area contributed by atoms with Gasteiger partial charge in [-0.05, 0) is 31.5 Å². The average molecular weight is 279 g/mol. The van der Waals surface area contributed by atoms with Crippen molar-refractivity contribution in [1.82, 2.24) is 5.32 Å². The highest BCUT2D eigenvalue weighted by molar-refractivity contribution is 5.87. The summed E-state index contributed by atoms with van der Waals surface area (Å²) in [6, 6.07) is 2.60. The van der Waals surface area contributed by atoms with Crippen molar-refractivity contribution in [3.05, 3.63) is 29.6 Å². The number of halogens is 4. The molecule has 0 fully saturated rings. The molecule has 1 aromatic rings. The summed E-state index contributed by atoms with van der Waals surface area (Å²) in [6.45, 7) is 2.94. The molecule has 1 N–H and O–H groups in total. The summed E-state index contributed by atoms with van der Waals surface area (Å²) in [5, 5.41) is 2.37. The van der Waals surface area contributed by atoms with Crippen molar-refractivity contribution in [2.75, 3.05) is 7.05 Å². The van der Waals surface area contributed by atoms with Crippen LogP contribution in [-0.4, -0.2) is 19.3 Å². The predicted molar refractivity (Wildman–Crippen MR) is 60.2 cm³/mol. The molecule has 106 valence electrons. The second-order valence-electron chi connectivity index (χ2n) is 4.43. The lowest BCUT2D eigenvalue weighted by Crippen LogP contribution is -2.38. The minimum Gasteiger partial charge on any atom is -0.406 e. The van der Waals surface area contributed by atoms with Crippen LogP contribution in [0, 0.1) is 5.82 Å². The Bertz CT molecular complexity index is 483.